The first kappa shape index (κ1) is 18.2. The molecule has 0 saturated heterocycles. The van der Waals surface area contributed by atoms with E-state index < -0.39 is 0 Å². The molecule has 1 aromatic carbocycles. The molecule has 0 nitrogen and oxygen atoms in total. The van der Waals surface area contributed by atoms with Crippen LogP contribution in [0.2, 0.25) is 0 Å². The summed E-state index contributed by atoms with van der Waals surface area (Å²) in [5.41, 5.74) is 3.91. The SMILES string of the molecule is C=CC=C(C=CC(=CCCCC)CCCC)c1ccccc1. The van der Waals surface area contributed by atoms with Crippen molar-refractivity contribution in [1.29, 1.82) is 0 Å². The van der Waals surface area contributed by atoms with Crippen LogP contribution < -0.4 is 0 Å². The summed E-state index contributed by atoms with van der Waals surface area (Å²) in [4.78, 5) is 0. The Bertz CT molecular complexity index is 500. The fraction of sp³-hybridized carbons (Fsp3) is 0.364. The molecule has 0 spiro atoms. The summed E-state index contributed by atoms with van der Waals surface area (Å²) in [6, 6.07) is 10.5. The molecule has 0 fully saturated rings. The third-order valence-corrected chi connectivity index (χ3v) is 3.66. The Morgan fingerprint density at radius 2 is 1.73 bits per heavy atom. The molecule has 0 heterocycles. The number of unbranched alkanes of at least 4 members (excludes halogenated alkanes) is 3. The van der Waals surface area contributed by atoms with Gasteiger partial charge < -0.3 is 0 Å². The van der Waals surface area contributed by atoms with Crippen molar-refractivity contribution in [2.24, 2.45) is 0 Å². The van der Waals surface area contributed by atoms with Crippen LogP contribution in [0.4, 0.5) is 0 Å². The van der Waals surface area contributed by atoms with E-state index in [0.29, 0.717) is 0 Å². The Morgan fingerprint density at radius 1 is 1.00 bits per heavy atom. The molecule has 0 aliphatic carbocycles. The minimum absolute atomic E-state index is 1.17. The Labute approximate surface area is 137 Å². The minimum atomic E-state index is 1.17. The van der Waals surface area contributed by atoms with Crippen molar-refractivity contribution in [2.45, 2.75) is 52.4 Å². The first-order valence-electron chi connectivity index (χ1n) is 8.57. The Morgan fingerprint density at radius 3 is 2.36 bits per heavy atom. The molecule has 0 amide bonds. The molecular formula is C22H30. The van der Waals surface area contributed by atoms with E-state index in [1.54, 1.807) is 0 Å². The van der Waals surface area contributed by atoms with Crippen molar-refractivity contribution in [2.75, 3.05) is 0 Å². The largest absolute Gasteiger partial charge is 0.0990 e. The molecule has 1 rings (SSSR count). The van der Waals surface area contributed by atoms with Crippen LogP contribution in [0.3, 0.4) is 0 Å². The lowest BCUT2D eigenvalue weighted by atomic mass is 10.0. The first-order valence-corrected chi connectivity index (χ1v) is 8.57. The van der Waals surface area contributed by atoms with Gasteiger partial charge in [0.2, 0.25) is 0 Å². The van der Waals surface area contributed by atoms with Gasteiger partial charge in [0, 0.05) is 0 Å². The van der Waals surface area contributed by atoms with Crippen LogP contribution in [-0.4, -0.2) is 0 Å². The molecule has 0 saturated carbocycles. The van der Waals surface area contributed by atoms with E-state index >= 15 is 0 Å². The second-order valence-corrected chi connectivity index (χ2v) is 5.58. The highest BCUT2D eigenvalue weighted by molar-refractivity contribution is 5.75. The monoisotopic (exact) mass is 294 g/mol. The summed E-state index contributed by atoms with van der Waals surface area (Å²) >= 11 is 0. The van der Waals surface area contributed by atoms with E-state index in [9.17, 15) is 0 Å². The van der Waals surface area contributed by atoms with Crippen LogP contribution in [0.5, 0.6) is 0 Å². The Kier molecular flexibility index (Phi) is 9.78. The number of hydrogen-bond donors (Lipinski definition) is 0. The maximum Gasteiger partial charge on any atom is -0.0184 e. The summed E-state index contributed by atoms with van der Waals surface area (Å²) < 4.78 is 0. The van der Waals surface area contributed by atoms with Crippen molar-refractivity contribution in [3.05, 3.63) is 78.4 Å². The third-order valence-electron chi connectivity index (χ3n) is 3.66. The number of hydrogen-bond acceptors (Lipinski definition) is 0. The fourth-order valence-corrected chi connectivity index (χ4v) is 2.33. The molecule has 0 N–H and O–H groups in total. The maximum atomic E-state index is 3.84. The molecule has 0 aliphatic rings. The van der Waals surface area contributed by atoms with Crippen LogP contribution in [0, 0.1) is 0 Å². The first-order chi connectivity index (χ1) is 10.8. The van der Waals surface area contributed by atoms with Gasteiger partial charge in [-0.15, -0.1) is 0 Å². The van der Waals surface area contributed by atoms with Gasteiger partial charge in [-0.3, -0.25) is 0 Å². The van der Waals surface area contributed by atoms with Crippen molar-refractivity contribution in [3.8, 4) is 0 Å². The maximum absolute atomic E-state index is 3.84. The standard InChI is InChI=1S/C22H30/c1-4-7-10-15-20(14-8-5-2)18-19-21(13-6-3)22-16-11-9-12-17-22/h6,9,11-13,15-19H,3-5,7-8,10,14H2,1-2H3. The van der Waals surface area contributed by atoms with Crippen molar-refractivity contribution in [1.82, 2.24) is 0 Å². The van der Waals surface area contributed by atoms with E-state index in [1.807, 2.05) is 6.08 Å². The summed E-state index contributed by atoms with van der Waals surface area (Å²) in [6.45, 7) is 8.33. The molecule has 0 radical (unpaired) electrons. The number of benzene rings is 1. The van der Waals surface area contributed by atoms with E-state index in [2.05, 4.69) is 75.1 Å². The molecule has 0 unspecified atom stereocenters. The van der Waals surface area contributed by atoms with Gasteiger partial charge in [0.15, 0.2) is 0 Å². The van der Waals surface area contributed by atoms with E-state index in [-0.39, 0.29) is 0 Å². The Balaban J connectivity index is 2.87. The number of allylic oxidation sites excluding steroid dienone is 7. The molecule has 22 heavy (non-hydrogen) atoms. The van der Waals surface area contributed by atoms with Gasteiger partial charge in [0.05, 0.1) is 0 Å². The second-order valence-electron chi connectivity index (χ2n) is 5.58. The third kappa shape index (κ3) is 7.26. The molecule has 0 aromatic heterocycles. The van der Waals surface area contributed by atoms with Gasteiger partial charge in [-0.2, -0.15) is 0 Å². The fourth-order valence-electron chi connectivity index (χ4n) is 2.33. The molecule has 0 bridgehead atoms. The lowest BCUT2D eigenvalue weighted by molar-refractivity contribution is 0.778. The molecule has 0 heteroatoms. The van der Waals surface area contributed by atoms with Gasteiger partial charge in [-0.05, 0) is 30.4 Å². The summed E-state index contributed by atoms with van der Waals surface area (Å²) in [7, 11) is 0. The molecule has 0 atom stereocenters. The predicted molar refractivity (Wildman–Crippen MR) is 101 cm³/mol. The van der Waals surface area contributed by atoms with Crippen LogP contribution in [-0.2, 0) is 0 Å². The van der Waals surface area contributed by atoms with Gasteiger partial charge in [0.25, 0.3) is 0 Å². The topological polar surface area (TPSA) is 0 Å². The van der Waals surface area contributed by atoms with Crippen LogP contribution in [0.15, 0.2) is 72.9 Å². The van der Waals surface area contributed by atoms with Crippen LogP contribution in [0.1, 0.15) is 57.9 Å². The van der Waals surface area contributed by atoms with E-state index in [1.165, 1.54) is 55.2 Å². The van der Waals surface area contributed by atoms with Crippen molar-refractivity contribution >= 4 is 5.57 Å². The highest BCUT2D eigenvalue weighted by atomic mass is 14.0. The average molecular weight is 294 g/mol. The summed E-state index contributed by atoms with van der Waals surface area (Å²) in [5.74, 6) is 0. The van der Waals surface area contributed by atoms with E-state index in [0.717, 1.165) is 0 Å². The van der Waals surface area contributed by atoms with Crippen LogP contribution in [0.25, 0.3) is 5.57 Å². The van der Waals surface area contributed by atoms with Gasteiger partial charge in [0.1, 0.15) is 0 Å². The second kappa shape index (κ2) is 11.8. The van der Waals surface area contributed by atoms with Gasteiger partial charge in [-0.1, -0.05) is 106 Å². The molecule has 0 aliphatic heterocycles. The Hall–Kier alpha value is -1.82. The quantitative estimate of drug-likeness (QED) is 0.318. The normalized spacial score (nSPS) is 12.8. The lowest BCUT2D eigenvalue weighted by Gasteiger charge is -2.04. The summed E-state index contributed by atoms with van der Waals surface area (Å²) in [5, 5.41) is 0. The zero-order valence-electron chi connectivity index (χ0n) is 14.2. The molecular weight excluding hydrogens is 264 g/mol. The van der Waals surface area contributed by atoms with Gasteiger partial charge >= 0.3 is 0 Å². The van der Waals surface area contributed by atoms with Crippen molar-refractivity contribution < 1.29 is 0 Å². The predicted octanol–water partition coefficient (Wildman–Crippen LogP) is 7.12. The highest BCUT2D eigenvalue weighted by Gasteiger charge is 1.97. The van der Waals surface area contributed by atoms with Crippen molar-refractivity contribution in [3.63, 3.8) is 0 Å². The highest BCUT2D eigenvalue weighted by Crippen LogP contribution is 2.19. The minimum Gasteiger partial charge on any atom is -0.0990 e. The zero-order valence-corrected chi connectivity index (χ0v) is 14.2. The smallest absolute Gasteiger partial charge is 0.0184 e. The lowest BCUT2D eigenvalue weighted by Crippen LogP contribution is -1.84. The zero-order chi connectivity index (χ0) is 16.0. The average Bonchev–Trinajstić information content (AvgIpc) is 2.56. The van der Waals surface area contributed by atoms with Crippen LogP contribution >= 0.6 is 0 Å². The van der Waals surface area contributed by atoms with Gasteiger partial charge in [-0.25, -0.2) is 0 Å². The van der Waals surface area contributed by atoms with E-state index in [4.69, 9.17) is 0 Å². The molecule has 118 valence electrons. The summed E-state index contributed by atoms with van der Waals surface area (Å²) in [6.07, 6.45) is 18.3. The molecule has 1 aromatic rings. The number of rotatable bonds is 10.